The summed E-state index contributed by atoms with van der Waals surface area (Å²) in [7, 11) is 0. The molecule has 0 aliphatic carbocycles. The molecule has 0 unspecified atom stereocenters. The third-order valence-corrected chi connectivity index (χ3v) is 3.46. The first-order valence-electron chi connectivity index (χ1n) is 7.43. The maximum Gasteiger partial charge on any atom is 0.255 e. The number of nitrogens with zero attached hydrogens (tertiary/aromatic N) is 3. The van der Waals surface area contributed by atoms with Crippen LogP contribution < -0.4 is 5.32 Å². The highest BCUT2D eigenvalue weighted by Gasteiger charge is 2.18. The number of aromatic nitrogens is 3. The van der Waals surface area contributed by atoms with Gasteiger partial charge in [0.15, 0.2) is 5.82 Å². The molecule has 0 aliphatic rings. The minimum atomic E-state index is -0.460. The fourth-order valence-corrected chi connectivity index (χ4v) is 2.20. The molecule has 1 atom stereocenters. The van der Waals surface area contributed by atoms with Gasteiger partial charge in [0, 0.05) is 6.20 Å². The molecule has 0 bridgehead atoms. The topological polar surface area (TPSA) is 101 Å². The van der Waals surface area contributed by atoms with Gasteiger partial charge in [-0.1, -0.05) is 35.5 Å². The number of rotatable bonds is 5. The van der Waals surface area contributed by atoms with Crippen LogP contribution in [0.15, 0.2) is 53.3 Å². The number of pyridine rings is 1. The van der Waals surface area contributed by atoms with Crippen molar-refractivity contribution >= 4 is 5.91 Å². The van der Waals surface area contributed by atoms with E-state index in [-0.39, 0.29) is 11.3 Å². The summed E-state index contributed by atoms with van der Waals surface area (Å²) in [6.45, 7) is 1.74. The summed E-state index contributed by atoms with van der Waals surface area (Å²) in [5.41, 5.74) is 1.20. The van der Waals surface area contributed by atoms with E-state index in [1.807, 2.05) is 30.3 Å². The molecule has 1 amide bonds. The van der Waals surface area contributed by atoms with Crippen LogP contribution in [0.3, 0.4) is 0 Å². The van der Waals surface area contributed by atoms with E-state index in [0.717, 1.165) is 5.56 Å². The molecule has 0 radical (unpaired) electrons. The predicted octanol–water partition coefficient (Wildman–Crippen LogP) is 2.25. The van der Waals surface area contributed by atoms with Gasteiger partial charge >= 0.3 is 0 Å². The second kappa shape index (κ2) is 6.91. The Hall–Kier alpha value is -3.22. The molecule has 2 N–H and O–H groups in total. The Morgan fingerprint density at radius 3 is 2.83 bits per heavy atom. The molecule has 0 saturated carbocycles. The van der Waals surface area contributed by atoms with Gasteiger partial charge in [-0.25, -0.2) is 0 Å². The van der Waals surface area contributed by atoms with Crippen molar-refractivity contribution in [3.63, 3.8) is 0 Å². The van der Waals surface area contributed by atoms with Crippen LogP contribution in [-0.2, 0) is 6.42 Å². The minimum absolute atomic E-state index is 0.143. The van der Waals surface area contributed by atoms with Crippen LogP contribution >= 0.6 is 0 Å². The molecule has 122 valence electrons. The van der Waals surface area contributed by atoms with Crippen molar-refractivity contribution in [2.45, 2.75) is 19.4 Å². The van der Waals surface area contributed by atoms with Crippen molar-refractivity contribution in [1.82, 2.24) is 20.4 Å². The molecular formula is C17H16N4O3. The summed E-state index contributed by atoms with van der Waals surface area (Å²) < 4.78 is 5.23. The van der Waals surface area contributed by atoms with E-state index in [1.165, 1.54) is 18.5 Å². The van der Waals surface area contributed by atoms with Crippen molar-refractivity contribution < 1.29 is 14.4 Å². The zero-order valence-corrected chi connectivity index (χ0v) is 13.0. The van der Waals surface area contributed by atoms with E-state index in [0.29, 0.717) is 18.1 Å². The predicted molar refractivity (Wildman–Crippen MR) is 85.3 cm³/mol. The van der Waals surface area contributed by atoms with Gasteiger partial charge in [0.25, 0.3) is 5.91 Å². The van der Waals surface area contributed by atoms with Crippen LogP contribution in [0.4, 0.5) is 0 Å². The van der Waals surface area contributed by atoms with Gasteiger partial charge in [0.2, 0.25) is 5.89 Å². The van der Waals surface area contributed by atoms with Gasteiger partial charge in [0.05, 0.1) is 24.2 Å². The molecule has 2 aromatic heterocycles. The molecular weight excluding hydrogens is 308 g/mol. The average molecular weight is 324 g/mol. The fourth-order valence-electron chi connectivity index (χ4n) is 2.20. The fraction of sp³-hybridized carbons (Fsp3) is 0.176. The smallest absolute Gasteiger partial charge is 0.255 e. The Balaban J connectivity index is 1.66. The normalized spacial score (nSPS) is 11.9. The van der Waals surface area contributed by atoms with E-state index < -0.39 is 11.9 Å². The van der Waals surface area contributed by atoms with Crippen LogP contribution in [0.2, 0.25) is 0 Å². The molecule has 1 aromatic carbocycles. The average Bonchev–Trinajstić information content (AvgIpc) is 3.04. The largest absolute Gasteiger partial charge is 0.505 e. The molecule has 2 heterocycles. The Morgan fingerprint density at radius 2 is 2.08 bits per heavy atom. The van der Waals surface area contributed by atoms with E-state index in [1.54, 1.807) is 6.92 Å². The number of amides is 1. The molecule has 3 rings (SSSR count). The number of carbonyl (C=O) groups excluding carboxylic acids is 1. The summed E-state index contributed by atoms with van der Waals surface area (Å²) in [5.74, 6) is 0.240. The quantitative estimate of drug-likeness (QED) is 0.746. The van der Waals surface area contributed by atoms with Gasteiger partial charge < -0.3 is 14.9 Å². The summed E-state index contributed by atoms with van der Waals surface area (Å²) >= 11 is 0. The van der Waals surface area contributed by atoms with Crippen molar-refractivity contribution in [2.75, 3.05) is 0 Å². The highest BCUT2D eigenvalue weighted by atomic mass is 16.5. The highest BCUT2D eigenvalue weighted by Crippen LogP contribution is 2.16. The molecule has 7 nitrogen and oxygen atoms in total. The van der Waals surface area contributed by atoms with Gasteiger partial charge in [-0.2, -0.15) is 4.98 Å². The Kier molecular flexibility index (Phi) is 4.51. The first-order valence-corrected chi connectivity index (χ1v) is 7.43. The molecule has 0 fully saturated rings. The number of hydrogen-bond acceptors (Lipinski definition) is 6. The Bertz CT molecular complexity index is 833. The van der Waals surface area contributed by atoms with Crippen LogP contribution in [0.1, 0.15) is 40.6 Å². The van der Waals surface area contributed by atoms with Crippen molar-refractivity contribution in [3.8, 4) is 5.75 Å². The first-order chi connectivity index (χ1) is 11.6. The van der Waals surface area contributed by atoms with Crippen LogP contribution in [0.5, 0.6) is 5.75 Å². The zero-order valence-electron chi connectivity index (χ0n) is 13.0. The minimum Gasteiger partial charge on any atom is -0.505 e. The highest BCUT2D eigenvalue weighted by molar-refractivity contribution is 5.96. The molecule has 0 saturated heterocycles. The van der Waals surface area contributed by atoms with Crippen molar-refractivity contribution in [1.29, 1.82) is 0 Å². The molecule has 24 heavy (non-hydrogen) atoms. The van der Waals surface area contributed by atoms with Crippen LogP contribution in [0.25, 0.3) is 0 Å². The SMILES string of the molecule is C[C@@H](NC(=O)c1ccncc1O)c1noc(Cc2ccccc2)n1. The third kappa shape index (κ3) is 3.57. The van der Waals surface area contributed by atoms with E-state index in [2.05, 4.69) is 20.4 Å². The van der Waals surface area contributed by atoms with E-state index in [4.69, 9.17) is 4.52 Å². The lowest BCUT2D eigenvalue weighted by Gasteiger charge is -2.10. The lowest BCUT2D eigenvalue weighted by atomic mass is 10.1. The van der Waals surface area contributed by atoms with Crippen molar-refractivity contribution in [3.05, 3.63) is 71.6 Å². The van der Waals surface area contributed by atoms with Gasteiger partial charge in [-0.3, -0.25) is 9.78 Å². The van der Waals surface area contributed by atoms with E-state index in [9.17, 15) is 9.90 Å². The Labute approximate surface area is 138 Å². The van der Waals surface area contributed by atoms with Crippen LogP contribution in [-0.4, -0.2) is 26.1 Å². The molecule has 7 heteroatoms. The molecule has 0 aliphatic heterocycles. The number of nitrogens with one attached hydrogen (secondary N) is 1. The number of aromatic hydroxyl groups is 1. The van der Waals surface area contributed by atoms with Gasteiger partial charge in [0.1, 0.15) is 5.75 Å². The van der Waals surface area contributed by atoms with Gasteiger partial charge in [-0.05, 0) is 18.6 Å². The summed E-state index contributed by atoms with van der Waals surface area (Å²) in [6.07, 6.45) is 3.18. The number of carbonyl (C=O) groups is 1. The van der Waals surface area contributed by atoms with Crippen molar-refractivity contribution in [2.24, 2.45) is 0 Å². The second-order valence-corrected chi connectivity index (χ2v) is 5.30. The Morgan fingerprint density at radius 1 is 1.29 bits per heavy atom. The summed E-state index contributed by atoms with van der Waals surface area (Å²) in [4.78, 5) is 20.2. The number of hydrogen-bond donors (Lipinski definition) is 2. The lowest BCUT2D eigenvalue weighted by Crippen LogP contribution is -2.27. The van der Waals surface area contributed by atoms with Crippen LogP contribution in [0, 0.1) is 0 Å². The lowest BCUT2D eigenvalue weighted by molar-refractivity contribution is 0.0935. The van der Waals surface area contributed by atoms with Gasteiger partial charge in [-0.15, -0.1) is 0 Å². The first kappa shape index (κ1) is 15.7. The molecule has 0 spiro atoms. The summed E-state index contributed by atoms with van der Waals surface area (Å²) in [6, 6.07) is 10.7. The second-order valence-electron chi connectivity index (χ2n) is 5.30. The third-order valence-electron chi connectivity index (χ3n) is 3.46. The maximum atomic E-state index is 12.2. The maximum absolute atomic E-state index is 12.2. The monoisotopic (exact) mass is 324 g/mol. The summed E-state index contributed by atoms with van der Waals surface area (Å²) in [5, 5.41) is 16.3. The number of benzene rings is 1. The molecule has 3 aromatic rings. The standard InChI is InChI=1S/C17H16N4O3/c1-11(19-17(23)13-7-8-18-10-14(13)22)16-20-15(24-21-16)9-12-5-3-2-4-6-12/h2-8,10-11,22H,9H2,1H3,(H,19,23)/t11-/m1/s1. The van der Waals surface area contributed by atoms with E-state index >= 15 is 0 Å². The zero-order chi connectivity index (χ0) is 16.9.